The SMILES string of the molecule is O=C(Nc1cccc([N+](=O)[O-])c1)c1cc(-c2ccco2)nn1-c1ccccc1. The van der Waals surface area contributed by atoms with Crippen LogP contribution in [0.2, 0.25) is 0 Å². The molecule has 0 radical (unpaired) electrons. The summed E-state index contributed by atoms with van der Waals surface area (Å²) in [7, 11) is 0. The molecule has 8 heteroatoms. The summed E-state index contributed by atoms with van der Waals surface area (Å²) in [5, 5.41) is 18.1. The molecule has 0 saturated heterocycles. The highest BCUT2D eigenvalue weighted by molar-refractivity contribution is 6.04. The molecule has 0 aliphatic heterocycles. The van der Waals surface area contributed by atoms with Crippen molar-refractivity contribution in [2.75, 3.05) is 5.32 Å². The zero-order valence-corrected chi connectivity index (χ0v) is 14.5. The van der Waals surface area contributed by atoms with Gasteiger partial charge in [0.1, 0.15) is 11.4 Å². The molecule has 0 saturated carbocycles. The van der Waals surface area contributed by atoms with Gasteiger partial charge in [-0.05, 0) is 30.3 Å². The first-order valence-corrected chi connectivity index (χ1v) is 8.37. The van der Waals surface area contributed by atoms with Gasteiger partial charge in [-0.15, -0.1) is 0 Å². The van der Waals surface area contributed by atoms with Gasteiger partial charge in [-0.2, -0.15) is 5.10 Å². The lowest BCUT2D eigenvalue weighted by Gasteiger charge is -2.08. The first-order chi connectivity index (χ1) is 13.6. The topological polar surface area (TPSA) is 103 Å². The van der Waals surface area contributed by atoms with Crippen LogP contribution in [0.4, 0.5) is 11.4 Å². The summed E-state index contributed by atoms with van der Waals surface area (Å²) < 4.78 is 6.89. The number of hydrogen-bond acceptors (Lipinski definition) is 5. The fraction of sp³-hybridized carbons (Fsp3) is 0. The molecule has 0 fully saturated rings. The number of nitro groups is 1. The fourth-order valence-corrected chi connectivity index (χ4v) is 2.75. The summed E-state index contributed by atoms with van der Waals surface area (Å²) in [6.07, 6.45) is 1.53. The third kappa shape index (κ3) is 3.38. The molecule has 2 aromatic carbocycles. The lowest BCUT2D eigenvalue weighted by Crippen LogP contribution is -2.17. The van der Waals surface area contributed by atoms with Crippen LogP contribution in [0, 0.1) is 10.1 Å². The lowest BCUT2D eigenvalue weighted by atomic mass is 10.2. The molecule has 2 heterocycles. The van der Waals surface area contributed by atoms with Crippen LogP contribution < -0.4 is 5.32 Å². The normalized spacial score (nSPS) is 10.6. The van der Waals surface area contributed by atoms with Gasteiger partial charge in [-0.1, -0.05) is 24.3 Å². The molecule has 4 rings (SSSR count). The number of nitro benzene ring substituents is 1. The van der Waals surface area contributed by atoms with Crippen LogP contribution in [-0.4, -0.2) is 20.6 Å². The number of furan rings is 1. The van der Waals surface area contributed by atoms with E-state index >= 15 is 0 Å². The zero-order chi connectivity index (χ0) is 19.5. The second-order valence-electron chi connectivity index (χ2n) is 5.90. The number of benzene rings is 2. The number of anilines is 1. The Morgan fingerprint density at radius 2 is 1.86 bits per heavy atom. The van der Waals surface area contributed by atoms with E-state index < -0.39 is 10.8 Å². The van der Waals surface area contributed by atoms with E-state index in [0.29, 0.717) is 22.8 Å². The van der Waals surface area contributed by atoms with E-state index in [1.165, 1.54) is 29.1 Å². The maximum Gasteiger partial charge on any atom is 0.274 e. The molecule has 1 N–H and O–H groups in total. The monoisotopic (exact) mass is 374 g/mol. The van der Waals surface area contributed by atoms with Crippen LogP contribution in [0.3, 0.4) is 0 Å². The second kappa shape index (κ2) is 7.20. The zero-order valence-electron chi connectivity index (χ0n) is 14.5. The van der Waals surface area contributed by atoms with Crippen molar-refractivity contribution in [3.63, 3.8) is 0 Å². The largest absolute Gasteiger partial charge is 0.463 e. The number of non-ortho nitro benzene ring substituents is 1. The van der Waals surface area contributed by atoms with Gasteiger partial charge >= 0.3 is 0 Å². The van der Waals surface area contributed by atoms with Gasteiger partial charge in [-0.25, -0.2) is 4.68 Å². The molecule has 28 heavy (non-hydrogen) atoms. The summed E-state index contributed by atoms with van der Waals surface area (Å²) in [5.74, 6) is 0.0775. The van der Waals surface area contributed by atoms with Gasteiger partial charge in [0.2, 0.25) is 0 Å². The molecule has 0 bridgehead atoms. The summed E-state index contributed by atoms with van der Waals surface area (Å²) >= 11 is 0. The third-order valence-corrected chi connectivity index (χ3v) is 4.03. The second-order valence-corrected chi connectivity index (χ2v) is 5.90. The van der Waals surface area contributed by atoms with Gasteiger partial charge in [-0.3, -0.25) is 14.9 Å². The van der Waals surface area contributed by atoms with Crippen molar-refractivity contribution in [3.8, 4) is 17.1 Å². The Morgan fingerprint density at radius 1 is 1.04 bits per heavy atom. The molecule has 138 valence electrons. The van der Waals surface area contributed by atoms with Gasteiger partial charge in [0.15, 0.2) is 5.76 Å². The van der Waals surface area contributed by atoms with Gasteiger partial charge in [0, 0.05) is 23.9 Å². The van der Waals surface area contributed by atoms with E-state index in [4.69, 9.17) is 4.42 Å². The van der Waals surface area contributed by atoms with Crippen LogP contribution >= 0.6 is 0 Å². The summed E-state index contributed by atoms with van der Waals surface area (Å²) in [6, 6.07) is 20.0. The van der Waals surface area contributed by atoms with E-state index in [2.05, 4.69) is 10.4 Å². The summed E-state index contributed by atoms with van der Waals surface area (Å²) in [5.41, 5.74) is 1.68. The first-order valence-electron chi connectivity index (χ1n) is 8.37. The van der Waals surface area contributed by atoms with Gasteiger partial charge < -0.3 is 9.73 Å². The maximum atomic E-state index is 12.9. The Labute approximate surface area is 159 Å². The fourth-order valence-electron chi connectivity index (χ4n) is 2.75. The molecular weight excluding hydrogens is 360 g/mol. The Hall–Kier alpha value is -4.20. The Morgan fingerprint density at radius 3 is 2.57 bits per heavy atom. The van der Waals surface area contributed by atoms with Crippen LogP contribution in [0.15, 0.2) is 83.5 Å². The van der Waals surface area contributed by atoms with Crippen molar-refractivity contribution < 1.29 is 14.1 Å². The average molecular weight is 374 g/mol. The molecule has 2 aromatic heterocycles. The Bertz CT molecular complexity index is 1130. The molecule has 0 aliphatic rings. The van der Waals surface area contributed by atoms with Crippen molar-refractivity contribution in [2.45, 2.75) is 0 Å². The molecule has 8 nitrogen and oxygen atoms in total. The molecule has 1 amide bonds. The third-order valence-electron chi connectivity index (χ3n) is 4.03. The quantitative estimate of drug-likeness (QED) is 0.414. The smallest absolute Gasteiger partial charge is 0.274 e. The maximum absolute atomic E-state index is 12.9. The highest BCUT2D eigenvalue weighted by Crippen LogP contribution is 2.24. The standard InChI is InChI=1S/C20H14N4O4/c25-20(21-14-6-4-9-16(12-14)24(26)27)18-13-17(19-10-5-11-28-19)22-23(18)15-7-2-1-3-8-15/h1-13H,(H,21,25). The average Bonchev–Trinajstić information content (AvgIpc) is 3.38. The molecule has 0 aliphatic carbocycles. The number of hydrogen-bond donors (Lipinski definition) is 1. The van der Waals surface area contributed by atoms with E-state index in [1.807, 2.05) is 30.3 Å². The van der Waals surface area contributed by atoms with Crippen LogP contribution in [0.25, 0.3) is 17.1 Å². The van der Waals surface area contributed by atoms with Crippen molar-refractivity contribution in [3.05, 3.63) is 94.9 Å². The summed E-state index contributed by atoms with van der Waals surface area (Å²) in [4.78, 5) is 23.3. The number of nitrogens with zero attached hydrogens (tertiary/aromatic N) is 3. The van der Waals surface area contributed by atoms with Crippen LogP contribution in [0.5, 0.6) is 0 Å². The number of nitrogens with one attached hydrogen (secondary N) is 1. The number of aromatic nitrogens is 2. The number of rotatable bonds is 5. The minimum absolute atomic E-state index is 0.106. The van der Waals surface area contributed by atoms with E-state index in [1.54, 1.807) is 24.3 Å². The Balaban J connectivity index is 1.72. The summed E-state index contributed by atoms with van der Waals surface area (Å²) in [6.45, 7) is 0. The predicted molar refractivity (Wildman–Crippen MR) is 102 cm³/mol. The first kappa shape index (κ1) is 17.2. The van der Waals surface area contributed by atoms with Gasteiger partial charge in [0.05, 0.1) is 16.9 Å². The van der Waals surface area contributed by atoms with Crippen LogP contribution in [0.1, 0.15) is 10.5 Å². The number of para-hydroxylation sites is 1. The van der Waals surface area contributed by atoms with E-state index in [9.17, 15) is 14.9 Å². The number of carbonyl (C=O) groups excluding carboxylic acids is 1. The minimum atomic E-state index is -0.515. The molecule has 0 atom stereocenters. The number of amides is 1. The minimum Gasteiger partial charge on any atom is -0.463 e. The molecule has 4 aromatic rings. The highest BCUT2D eigenvalue weighted by atomic mass is 16.6. The van der Waals surface area contributed by atoms with Crippen molar-refractivity contribution in [1.82, 2.24) is 9.78 Å². The van der Waals surface area contributed by atoms with Crippen LogP contribution in [-0.2, 0) is 0 Å². The molecule has 0 spiro atoms. The van der Waals surface area contributed by atoms with E-state index in [-0.39, 0.29) is 11.4 Å². The van der Waals surface area contributed by atoms with Crippen molar-refractivity contribution >= 4 is 17.3 Å². The highest BCUT2D eigenvalue weighted by Gasteiger charge is 2.19. The van der Waals surface area contributed by atoms with Gasteiger partial charge in [0.25, 0.3) is 11.6 Å². The Kier molecular flexibility index (Phi) is 4.43. The molecule has 0 unspecified atom stereocenters. The molecular formula is C20H14N4O4. The lowest BCUT2D eigenvalue weighted by molar-refractivity contribution is -0.384. The van der Waals surface area contributed by atoms with E-state index in [0.717, 1.165) is 0 Å². The predicted octanol–water partition coefficient (Wildman–Crippen LogP) is 4.29. The number of carbonyl (C=O) groups is 1. The van der Waals surface area contributed by atoms with Crippen molar-refractivity contribution in [2.24, 2.45) is 0 Å². The van der Waals surface area contributed by atoms with Crippen molar-refractivity contribution in [1.29, 1.82) is 0 Å².